The summed E-state index contributed by atoms with van der Waals surface area (Å²) in [6.07, 6.45) is 1.60. The number of Topliss-reactive ketones (excluding diaryl/α,β-unsaturated/α-hetero) is 1. The first-order valence-corrected chi connectivity index (χ1v) is 4.44. The molecular weight excluding hydrogens is 200 g/mol. The van der Waals surface area contributed by atoms with E-state index >= 15 is 0 Å². The van der Waals surface area contributed by atoms with Gasteiger partial charge in [0.1, 0.15) is 11.6 Å². The number of rotatable bonds is 5. The van der Waals surface area contributed by atoms with E-state index in [0.29, 0.717) is 6.54 Å². The lowest BCUT2D eigenvalue weighted by Crippen LogP contribution is -2.23. The first kappa shape index (κ1) is 11.5. The van der Waals surface area contributed by atoms with Gasteiger partial charge in [-0.3, -0.25) is 4.79 Å². The topological polar surface area (TPSA) is 29.1 Å². The molecule has 4 heteroatoms. The number of ketones is 1. The number of carbonyl (C=O) groups is 1. The fraction of sp³-hybridized carbons (Fsp3) is 0.182. The van der Waals surface area contributed by atoms with Crippen LogP contribution >= 0.6 is 0 Å². The van der Waals surface area contributed by atoms with E-state index < -0.39 is 11.6 Å². The Morgan fingerprint density at radius 2 is 1.93 bits per heavy atom. The molecule has 1 aromatic carbocycles. The summed E-state index contributed by atoms with van der Waals surface area (Å²) in [7, 11) is 0. The average Bonchev–Trinajstić information content (AvgIpc) is 2.16. The van der Waals surface area contributed by atoms with Gasteiger partial charge in [0, 0.05) is 18.2 Å². The normalized spacial score (nSPS) is 10.0. The van der Waals surface area contributed by atoms with Crippen LogP contribution in [0.25, 0.3) is 0 Å². The zero-order valence-electron chi connectivity index (χ0n) is 8.09. The van der Waals surface area contributed by atoms with Crippen LogP contribution in [0.5, 0.6) is 0 Å². The van der Waals surface area contributed by atoms with E-state index in [0.717, 1.165) is 18.2 Å². The lowest BCUT2D eigenvalue weighted by molar-refractivity contribution is 0.0991. The van der Waals surface area contributed by atoms with Crippen molar-refractivity contribution in [1.82, 2.24) is 5.32 Å². The Bertz CT molecular complexity index is 357. The molecule has 80 valence electrons. The summed E-state index contributed by atoms with van der Waals surface area (Å²) in [5.74, 6) is -1.85. The van der Waals surface area contributed by atoms with Crippen molar-refractivity contribution >= 4 is 5.78 Å². The number of benzene rings is 1. The van der Waals surface area contributed by atoms with Gasteiger partial charge in [0.15, 0.2) is 5.78 Å². The van der Waals surface area contributed by atoms with Crippen LogP contribution in [-0.2, 0) is 0 Å². The van der Waals surface area contributed by atoms with E-state index in [9.17, 15) is 13.6 Å². The highest BCUT2D eigenvalue weighted by atomic mass is 19.1. The van der Waals surface area contributed by atoms with Crippen molar-refractivity contribution in [1.29, 1.82) is 0 Å². The van der Waals surface area contributed by atoms with Crippen LogP contribution in [0.4, 0.5) is 8.78 Å². The highest BCUT2D eigenvalue weighted by molar-refractivity contribution is 5.97. The summed E-state index contributed by atoms with van der Waals surface area (Å²) in [4.78, 5) is 11.4. The Morgan fingerprint density at radius 3 is 2.47 bits per heavy atom. The third kappa shape index (κ3) is 3.59. The minimum atomic E-state index is -0.748. The quantitative estimate of drug-likeness (QED) is 0.458. The molecule has 0 unspecified atom stereocenters. The molecule has 0 aromatic heterocycles. The molecule has 0 fully saturated rings. The summed E-state index contributed by atoms with van der Waals surface area (Å²) in [5.41, 5.74) is 0.0315. The lowest BCUT2D eigenvalue weighted by atomic mass is 10.1. The summed E-state index contributed by atoms with van der Waals surface area (Å²) < 4.78 is 25.5. The first-order valence-electron chi connectivity index (χ1n) is 4.44. The van der Waals surface area contributed by atoms with Gasteiger partial charge in [-0.05, 0) is 12.1 Å². The van der Waals surface area contributed by atoms with E-state index in [-0.39, 0.29) is 17.9 Å². The van der Waals surface area contributed by atoms with Crippen LogP contribution < -0.4 is 5.32 Å². The standard InChI is InChI=1S/C11H11F2NO/c1-2-3-14-7-11(15)8-4-9(12)6-10(13)5-8/h2,4-6,14H,1,3,7H2. The maximum absolute atomic E-state index is 12.7. The molecule has 0 heterocycles. The molecule has 0 radical (unpaired) electrons. The molecule has 1 aromatic rings. The zero-order valence-corrected chi connectivity index (χ0v) is 8.09. The monoisotopic (exact) mass is 211 g/mol. The van der Waals surface area contributed by atoms with Gasteiger partial charge in [0.25, 0.3) is 0 Å². The van der Waals surface area contributed by atoms with Gasteiger partial charge < -0.3 is 5.32 Å². The minimum absolute atomic E-state index is 0.0315. The van der Waals surface area contributed by atoms with Gasteiger partial charge in [0.05, 0.1) is 6.54 Å². The van der Waals surface area contributed by atoms with Crippen molar-refractivity contribution in [3.63, 3.8) is 0 Å². The number of halogens is 2. The molecule has 0 amide bonds. The molecule has 0 saturated carbocycles. The fourth-order valence-electron chi connectivity index (χ4n) is 1.10. The average molecular weight is 211 g/mol. The largest absolute Gasteiger partial charge is 0.306 e. The molecule has 0 aliphatic carbocycles. The van der Waals surface area contributed by atoms with Crippen molar-refractivity contribution in [3.8, 4) is 0 Å². The van der Waals surface area contributed by atoms with E-state index in [1.165, 1.54) is 0 Å². The fourth-order valence-corrected chi connectivity index (χ4v) is 1.10. The van der Waals surface area contributed by atoms with Crippen LogP contribution in [0.15, 0.2) is 30.9 Å². The van der Waals surface area contributed by atoms with Gasteiger partial charge in [-0.25, -0.2) is 8.78 Å². The van der Waals surface area contributed by atoms with E-state index in [4.69, 9.17) is 0 Å². The number of nitrogens with one attached hydrogen (secondary N) is 1. The summed E-state index contributed by atoms with van der Waals surface area (Å²) in [5, 5.41) is 2.76. The van der Waals surface area contributed by atoms with Crippen LogP contribution in [0.2, 0.25) is 0 Å². The van der Waals surface area contributed by atoms with Gasteiger partial charge >= 0.3 is 0 Å². The smallest absolute Gasteiger partial charge is 0.176 e. The maximum atomic E-state index is 12.7. The number of carbonyl (C=O) groups excluding carboxylic acids is 1. The minimum Gasteiger partial charge on any atom is -0.306 e. The third-order valence-corrected chi connectivity index (χ3v) is 1.76. The van der Waals surface area contributed by atoms with Crippen LogP contribution in [0, 0.1) is 11.6 Å². The van der Waals surface area contributed by atoms with Crippen molar-refractivity contribution in [2.24, 2.45) is 0 Å². The lowest BCUT2D eigenvalue weighted by Gasteiger charge is -2.02. The van der Waals surface area contributed by atoms with Crippen LogP contribution in [0.3, 0.4) is 0 Å². The molecule has 1 N–H and O–H groups in total. The van der Waals surface area contributed by atoms with Crippen molar-refractivity contribution in [3.05, 3.63) is 48.1 Å². The Hall–Kier alpha value is -1.55. The molecule has 2 nitrogen and oxygen atoms in total. The maximum Gasteiger partial charge on any atom is 0.176 e. The Balaban J connectivity index is 2.69. The van der Waals surface area contributed by atoms with Crippen molar-refractivity contribution < 1.29 is 13.6 Å². The second-order valence-corrected chi connectivity index (χ2v) is 3.00. The molecule has 1 rings (SSSR count). The molecular formula is C11H11F2NO. The second-order valence-electron chi connectivity index (χ2n) is 3.00. The molecule has 0 saturated heterocycles. The van der Waals surface area contributed by atoms with Gasteiger partial charge in [-0.15, -0.1) is 6.58 Å². The van der Waals surface area contributed by atoms with Crippen molar-refractivity contribution in [2.45, 2.75) is 0 Å². The molecule has 0 atom stereocenters. The first-order chi connectivity index (χ1) is 7.13. The van der Waals surface area contributed by atoms with E-state index in [2.05, 4.69) is 11.9 Å². The molecule has 0 spiro atoms. The van der Waals surface area contributed by atoms with Gasteiger partial charge in [0.2, 0.25) is 0 Å². The predicted molar refractivity (Wildman–Crippen MR) is 53.8 cm³/mol. The molecule has 0 aliphatic heterocycles. The van der Waals surface area contributed by atoms with Gasteiger partial charge in [-0.1, -0.05) is 6.08 Å². The van der Waals surface area contributed by atoms with Crippen molar-refractivity contribution in [2.75, 3.05) is 13.1 Å². The van der Waals surface area contributed by atoms with E-state index in [1.807, 2.05) is 0 Å². The Kier molecular flexibility index (Phi) is 4.12. The summed E-state index contributed by atoms with van der Waals surface area (Å²) >= 11 is 0. The SMILES string of the molecule is C=CCNCC(=O)c1cc(F)cc(F)c1. The van der Waals surface area contributed by atoms with Gasteiger partial charge in [-0.2, -0.15) is 0 Å². The number of hydrogen-bond donors (Lipinski definition) is 1. The summed E-state index contributed by atoms with van der Waals surface area (Å²) in [6.45, 7) is 3.98. The molecule has 0 bridgehead atoms. The second kappa shape index (κ2) is 5.36. The third-order valence-electron chi connectivity index (χ3n) is 1.76. The molecule has 15 heavy (non-hydrogen) atoms. The highest BCUT2D eigenvalue weighted by Gasteiger charge is 2.08. The summed E-state index contributed by atoms with van der Waals surface area (Å²) in [6, 6.07) is 2.76. The van der Waals surface area contributed by atoms with Crippen LogP contribution in [0.1, 0.15) is 10.4 Å². The van der Waals surface area contributed by atoms with Crippen LogP contribution in [-0.4, -0.2) is 18.9 Å². The highest BCUT2D eigenvalue weighted by Crippen LogP contribution is 2.08. The Labute approximate surface area is 86.6 Å². The number of hydrogen-bond acceptors (Lipinski definition) is 2. The Morgan fingerprint density at radius 1 is 1.33 bits per heavy atom. The molecule has 0 aliphatic rings. The zero-order chi connectivity index (χ0) is 11.3. The predicted octanol–water partition coefficient (Wildman–Crippen LogP) is 1.92. The van der Waals surface area contributed by atoms with E-state index in [1.54, 1.807) is 6.08 Å².